The third kappa shape index (κ3) is 6.62. The van der Waals surface area contributed by atoms with Crippen molar-refractivity contribution in [3.8, 4) is 0 Å². The van der Waals surface area contributed by atoms with Gasteiger partial charge in [0.1, 0.15) is 0 Å². The molecule has 0 radical (unpaired) electrons. The Bertz CT molecular complexity index is 648. The van der Waals surface area contributed by atoms with Crippen molar-refractivity contribution in [3.05, 3.63) is 70.8 Å². The van der Waals surface area contributed by atoms with Crippen molar-refractivity contribution in [1.29, 1.82) is 0 Å². The normalized spacial score (nSPS) is 10.4. The minimum absolute atomic E-state index is 0.264. The summed E-state index contributed by atoms with van der Waals surface area (Å²) in [6, 6.07) is 15.4. The molecule has 2 rings (SSSR count). The van der Waals surface area contributed by atoms with Gasteiger partial charge in [0.05, 0.1) is 0 Å². The summed E-state index contributed by atoms with van der Waals surface area (Å²) in [5, 5.41) is 2.13. The molecule has 0 fully saturated rings. The van der Waals surface area contributed by atoms with Crippen molar-refractivity contribution in [1.82, 2.24) is 0 Å². The number of carbonyl (C=O) groups excluding carboxylic acids is 2. The number of esters is 2. The first kappa shape index (κ1) is 20.7. The van der Waals surface area contributed by atoms with Gasteiger partial charge in [0.25, 0.3) is 0 Å². The molecule has 0 aromatic heterocycles. The number of hydrogen-bond donors (Lipinski definition) is 0. The molecule has 0 aliphatic carbocycles. The molecule has 0 aliphatic rings. The Morgan fingerprint density at radius 1 is 0.692 bits per heavy atom. The van der Waals surface area contributed by atoms with Gasteiger partial charge in [0.15, 0.2) is 0 Å². The molecule has 0 saturated carbocycles. The average molecular weight is 484 g/mol. The fourth-order valence-corrected chi connectivity index (χ4v) is 8.63. The van der Waals surface area contributed by atoms with E-state index >= 15 is 0 Å². The third-order valence-electron chi connectivity index (χ3n) is 3.46. The average Bonchev–Trinajstić information content (AvgIpc) is 2.66. The van der Waals surface area contributed by atoms with Crippen LogP contribution >= 0.6 is 0 Å². The minimum atomic E-state index is -0.264. The third-order valence-corrected chi connectivity index (χ3v) is 10.1. The Balaban J connectivity index is 1.74. The van der Waals surface area contributed by atoms with Crippen LogP contribution in [0.5, 0.6) is 0 Å². The summed E-state index contributed by atoms with van der Waals surface area (Å²) in [6.45, 7) is 4.41. The Morgan fingerprint density at radius 2 is 1.04 bits per heavy atom. The molecule has 2 aromatic carbocycles. The van der Waals surface area contributed by atoms with Crippen LogP contribution in [0.2, 0.25) is 0 Å². The van der Waals surface area contributed by atoms with Crippen LogP contribution in [-0.4, -0.2) is 51.4 Å². The molecule has 0 unspecified atom stereocenters. The van der Waals surface area contributed by atoms with Crippen LogP contribution in [0.1, 0.15) is 45.7 Å². The van der Waals surface area contributed by atoms with Gasteiger partial charge < -0.3 is 0 Å². The van der Waals surface area contributed by atoms with E-state index in [0.717, 1.165) is 10.6 Å². The summed E-state index contributed by atoms with van der Waals surface area (Å²) < 4.78 is 9.98. The van der Waals surface area contributed by atoms with Gasteiger partial charge >= 0.3 is 166 Å². The molecule has 0 heterocycles. The summed E-state index contributed by atoms with van der Waals surface area (Å²) in [5.41, 5.74) is 3.74. The van der Waals surface area contributed by atoms with E-state index in [1.165, 1.54) is 11.1 Å². The zero-order valence-corrected chi connectivity index (χ0v) is 18.3. The summed E-state index contributed by atoms with van der Waals surface area (Å²) in [6.07, 6.45) is 0. The van der Waals surface area contributed by atoms with E-state index in [2.05, 4.69) is 0 Å². The Morgan fingerprint density at radius 3 is 1.35 bits per heavy atom. The van der Waals surface area contributed by atoms with Gasteiger partial charge in [-0.1, -0.05) is 0 Å². The summed E-state index contributed by atoms with van der Waals surface area (Å²) in [5.74, 6) is -0.528. The SMILES string of the molecule is CCOC(=O)c1ccc(C[Se][Se]Cc2ccc(C(=O)OCC)cc2)cc1. The first-order valence-electron chi connectivity index (χ1n) is 8.40. The quantitative estimate of drug-likeness (QED) is 0.312. The van der Waals surface area contributed by atoms with E-state index in [1.807, 2.05) is 48.5 Å². The molecule has 6 heteroatoms. The predicted octanol–water partition coefficient (Wildman–Crippen LogP) is 3.06. The van der Waals surface area contributed by atoms with E-state index < -0.39 is 0 Å². The van der Waals surface area contributed by atoms with Crippen molar-refractivity contribution in [3.63, 3.8) is 0 Å². The first-order valence-corrected chi connectivity index (χ1v) is 15.2. The summed E-state index contributed by atoms with van der Waals surface area (Å²) >= 11 is 1.11. The Hall–Kier alpha value is -1.58. The van der Waals surface area contributed by atoms with E-state index in [1.54, 1.807) is 13.8 Å². The number of carbonyl (C=O) groups is 2. The first-order chi connectivity index (χ1) is 12.6. The topological polar surface area (TPSA) is 52.6 Å². The van der Waals surface area contributed by atoms with Crippen LogP contribution in [0, 0.1) is 0 Å². The molecule has 0 N–H and O–H groups in total. The standard InChI is InChI=1S/C20H22O4Se2/c1-3-23-19(21)17-9-5-15(6-10-17)13-25-26-14-16-7-11-18(12-8-16)20(22)24-4-2/h5-12H,3-4,13-14H2,1-2H3. The maximum atomic E-state index is 11.6. The summed E-state index contributed by atoms with van der Waals surface area (Å²) in [7, 11) is 0. The van der Waals surface area contributed by atoms with Crippen LogP contribution in [0.3, 0.4) is 0 Å². The van der Waals surface area contributed by atoms with Crippen molar-refractivity contribution < 1.29 is 19.1 Å². The van der Waals surface area contributed by atoms with Crippen molar-refractivity contribution in [2.75, 3.05) is 13.2 Å². The van der Waals surface area contributed by atoms with E-state index in [-0.39, 0.29) is 11.9 Å². The second kappa shape index (κ2) is 11.2. The zero-order chi connectivity index (χ0) is 18.8. The second-order valence-corrected chi connectivity index (χ2v) is 12.7. The van der Waals surface area contributed by atoms with Gasteiger partial charge in [-0.3, -0.25) is 0 Å². The van der Waals surface area contributed by atoms with Crippen LogP contribution in [0.25, 0.3) is 0 Å². The van der Waals surface area contributed by atoms with Crippen LogP contribution in [0.15, 0.2) is 48.5 Å². The predicted molar refractivity (Wildman–Crippen MR) is 104 cm³/mol. The fraction of sp³-hybridized carbons (Fsp3) is 0.300. The Labute approximate surface area is 165 Å². The van der Waals surface area contributed by atoms with E-state index in [4.69, 9.17) is 9.47 Å². The van der Waals surface area contributed by atoms with E-state index in [9.17, 15) is 9.59 Å². The number of rotatable bonds is 9. The molecular weight excluding hydrogens is 462 g/mol. The van der Waals surface area contributed by atoms with Gasteiger partial charge in [-0.25, -0.2) is 0 Å². The second-order valence-electron chi connectivity index (χ2n) is 5.36. The Kier molecular flexibility index (Phi) is 8.93. The molecule has 0 bridgehead atoms. The van der Waals surface area contributed by atoms with Gasteiger partial charge in [0.2, 0.25) is 0 Å². The van der Waals surface area contributed by atoms with Crippen molar-refractivity contribution in [2.24, 2.45) is 0 Å². The fourth-order valence-electron chi connectivity index (χ4n) is 2.12. The molecule has 26 heavy (non-hydrogen) atoms. The monoisotopic (exact) mass is 486 g/mol. The van der Waals surface area contributed by atoms with E-state index in [0.29, 0.717) is 50.6 Å². The molecule has 4 nitrogen and oxygen atoms in total. The van der Waals surface area contributed by atoms with Gasteiger partial charge in [-0.15, -0.1) is 0 Å². The molecule has 0 spiro atoms. The number of benzene rings is 2. The molecule has 0 atom stereocenters. The van der Waals surface area contributed by atoms with Gasteiger partial charge in [-0.2, -0.15) is 0 Å². The molecule has 2 aromatic rings. The van der Waals surface area contributed by atoms with Crippen LogP contribution < -0.4 is 0 Å². The summed E-state index contributed by atoms with van der Waals surface area (Å²) in [4.78, 5) is 23.3. The molecule has 138 valence electrons. The zero-order valence-electron chi connectivity index (χ0n) is 14.9. The maximum absolute atomic E-state index is 11.6. The van der Waals surface area contributed by atoms with Gasteiger partial charge in [-0.05, 0) is 0 Å². The number of hydrogen-bond acceptors (Lipinski definition) is 4. The number of ether oxygens (including phenoxy) is 2. The molecule has 0 amide bonds. The van der Waals surface area contributed by atoms with Gasteiger partial charge in [0, 0.05) is 0 Å². The van der Waals surface area contributed by atoms with Crippen molar-refractivity contribution in [2.45, 2.75) is 24.5 Å². The van der Waals surface area contributed by atoms with Crippen LogP contribution in [-0.2, 0) is 20.1 Å². The molecule has 0 aliphatic heterocycles. The van der Waals surface area contributed by atoms with Crippen molar-refractivity contribution >= 4 is 38.2 Å². The molecular formula is C20H22O4Se2. The molecule has 0 saturated heterocycles. The van der Waals surface area contributed by atoms with Crippen LogP contribution in [0.4, 0.5) is 0 Å².